The molecular weight excluding hydrogens is 551 g/mol. The predicted molar refractivity (Wildman–Crippen MR) is 162 cm³/mol. The maximum atomic E-state index is 13.9. The fourth-order valence-electron chi connectivity index (χ4n) is 5.75. The lowest BCUT2D eigenvalue weighted by Gasteiger charge is -2.26. The van der Waals surface area contributed by atoms with Gasteiger partial charge >= 0.3 is 0 Å². The minimum absolute atomic E-state index is 0.00107. The molecule has 2 atom stereocenters. The first-order valence-corrected chi connectivity index (χ1v) is 15.6. The lowest BCUT2D eigenvalue weighted by atomic mass is 9.86. The highest BCUT2D eigenvalue weighted by atomic mass is 32.2. The van der Waals surface area contributed by atoms with Crippen LogP contribution in [0.15, 0.2) is 84.0 Å². The summed E-state index contributed by atoms with van der Waals surface area (Å²) in [6, 6.07) is 18.5. The van der Waals surface area contributed by atoms with Crippen molar-refractivity contribution in [2.75, 3.05) is 4.90 Å². The first-order valence-electron chi connectivity index (χ1n) is 14.1. The largest absolute Gasteiger partial charge is 0.337 e. The van der Waals surface area contributed by atoms with Crippen molar-refractivity contribution in [3.63, 3.8) is 0 Å². The maximum Gasteiger partial charge on any atom is 0.241 e. The van der Waals surface area contributed by atoms with Gasteiger partial charge in [-0.05, 0) is 71.7 Å². The Bertz CT molecular complexity index is 1710. The molecule has 4 aromatic rings. The summed E-state index contributed by atoms with van der Waals surface area (Å²) in [7, 11) is -2.10. The summed E-state index contributed by atoms with van der Waals surface area (Å²) < 4.78 is 45.1. The van der Waals surface area contributed by atoms with Gasteiger partial charge in [0.2, 0.25) is 15.9 Å². The van der Waals surface area contributed by atoms with Gasteiger partial charge in [-0.15, -0.1) is 0 Å². The summed E-state index contributed by atoms with van der Waals surface area (Å²) in [6.45, 7) is 8.49. The number of carbonyl (C=O) groups excluding carboxylic acids is 1. The number of benzene rings is 3. The third kappa shape index (κ3) is 6.17. The van der Waals surface area contributed by atoms with Crippen LogP contribution in [0, 0.1) is 12.7 Å². The molecule has 3 aromatic carbocycles. The van der Waals surface area contributed by atoms with Gasteiger partial charge in [-0.3, -0.25) is 4.79 Å². The van der Waals surface area contributed by atoms with Crippen molar-refractivity contribution < 1.29 is 17.6 Å². The Balaban J connectivity index is 1.49. The maximum absolute atomic E-state index is 13.9. The van der Waals surface area contributed by atoms with Gasteiger partial charge in [-0.2, -0.15) is 0 Å². The molecular formula is C33H37FN4O3S. The molecule has 1 aliphatic rings. The van der Waals surface area contributed by atoms with Gasteiger partial charge in [0.25, 0.3) is 0 Å². The topological polar surface area (TPSA) is 84.3 Å². The average molecular weight is 589 g/mol. The third-order valence-corrected chi connectivity index (χ3v) is 9.69. The van der Waals surface area contributed by atoms with Crippen molar-refractivity contribution in [2.24, 2.45) is 7.05 Å². The van der Waals surface area contributed by atoms with Gasteiger partial charge in [0.05, 0.1) is 11.4 Å². The van der Waals surface area contributed by atoms with Gasteiger partial charge in [0.1, 0.15) is 11.6 Å². The number of fused-ring (bicyclic) bond motifs is 1. The molecule has 0 radical (unpaired) electrons. The van der Waals surface area contributed by atoms with E-state index in [9.17, 15) is 17.6 Å². The number of nitrogens with zero attached hydrogens (tertiary/aromatic N) is 3. The fourth-order valence-corrected chi connectivity index (χ4v) is 6.99. The summed E-state index contributed by atoms with van der Waals surface area (Å²) in [5, 5.41) is 0. The van der Waals surface area contributed by atoms with Crippen LogP contribution in [0.4, 0.5) is 10.1 Å². The van der Waals surface area contributed by atoms with Crippen LogP contribution >= 0.6 is 0 Å². The first-order chi connectivity index (χ1) is 19.8. The Morgan fingerprint density at radius 1 is 1.14 bits per heavy atom. The van der Waals surface area contributed by atoms with E-state index < -0.39 is 21.9 Å². The number of sulfonamides is 1. The summed E-state index contributed by atoms with van der Waals surface area (Å²) in [4.78, 5) is 20.0. The Labute approximate surface area is 247 Å². The van der Waals surface area contributed by atoms with Crippen molar-refractivity contribution >= 4 is 21.6 Å². The number of amides is 1. The lowest BCUT2D eigenvalue weighted by Crippen LogP contribution is -2.32. The van der Waals surface area contributed by atoms with Crippen molar-refractivity contribution in [1.29, 1.82) is 0 Å². The number of carbonyl (C=O) groups is 1. The van der Waals surface area contributed by atoms with E-state index in [4.69, 9.17) is 0 Å². The van der Waals surface area contributed by atoms with Crippen molar-refractivity contribution in [3.8, 4) is 0 Å². The molecule has 5 rings (SSSR count). The fraction of sp³-hybridized carbons (Fsp3) is 0.333. The van der Waals surface area contributed by atoms with E-state index in [1.807, 2.05) is 49.9 Å². The molecule has 1 aromatic heterocycles. The first kappa shape index (κ1) is 29.7. The van der Waals surface area contributed by atoms with Gasteiger partial charge < -0.3 is 9.47 Å². The van der Waals surface area contributed by atoms with Gasteiger partial charge in [0, 0.05) is 37.6 Å². The number of hydrogen-bond acceptors (Lipinski definition) is 4. The Hall–Kier alpha value is -3.82. The molecule has 0 spiro atoms. The Morgan fingerprint density at radius 3 is 2.55 bits per heavy atom. The summed E-state index contributed by atoms with van der Waals surface area (Å²) in [5.41, 5.74) is 4.44. The monoisotopic (exact) mass is 588 g/mol. The minimum atomic E-state index is -3.99. The van der Waals surface area contributed by atoms with Gasteiger partial charge in [-0.25, -0.2) is 22.5 Å². The number of aryl methyl sites for hydroxylation is 2. The standard InChI is InChI=1S/C33H37FN4O3S/c1-22-9-11-24(12-10-22)23(2)17-32(39)38(21-31-35-15-16-37(31)5)26-13-14-29-28(19-26)30(20-33(29,3)4)36-42(40,41)27-8-6-7-25(34)18-27/h6-16,18-19,23,30,36H,17,20-21H2,1-5H3/t23-,30+/m1/s1. The second kappa shape index (κ2) is 11.5. The average Bonchev–Trinajstić information content (AvgIpc) is 3.45. The van der Waals surface area contributed by atoms with Crippen LogP contribution in [0.5, 0.6) is 0 Å². The Morgan fingerprint density at radius 2 is 1.88 bits per heavy atom. The highest BCUT2D eigenvalue weighted by Gasteiger charge is 2.39. The number of rotatable bonds is 9. The molecule has 220 valence electrons. The number of aromatic nitrogens is 2. The molecule has 0 fully saturated rings. The summed E-state index contributed by atoms with van der Waals surface area (Å²) in [5.74, 6) is 0.0625. The molecule has 0 aliphatic heterocycles. The SMILES string of the molecule is Cc1ccc([C@H](C)CC(=O)N(Cc2nccn2C)c2ccc3c(c2)[C@@H](NS(=O)(=O)c2cccc(F)c2)CC3(C)C)cc1. The Kier molecular flexibility index (Phi) is 8.09. The van der Waals surface area contributed by atoms with Crippen LogP contribution in [-0.4, -0.2) is 23.9 Å². The highest BCUT2D eigenvalue weighted by Crippen LogP contribution is 2.46. The van der Waals surface area contributed by atoms with Gasteiger partial charge in [0.15, 0.2) is 0 Å². The molecule has 0 saturated heterocycles. The smallest absolute Gasteiger partial charge is 0.241 e. The number of anilines is 1. The van der Waals surface area contributed by atoms with Crippen molar-refractivity contribution in [3.05, 3.63) is 113 Å². The van der Waals surface area contributed by atoms with Crippen LogP contribution in [0.1, 0.15) is 73.7 Å². The lowest BCUT2D eigenvalue weighted by molar-refractivity contribution is -0.119. The van der Waals surface area contributed by atoms with E-state index >= 15 is 0 Å². The highest BCUT2D eigenvalue weighted by molar-refractivity contribution is 7.89. The molecule has 9 heteroatoms. The van der Waals surface area contributed by atoms with Crippen LogP contribution in [0.25, 0.3) is 0 Å². The van der Waals surface area contributed by atoms with Gasteiger partial charge in [-0.1, -0.05) is 62.7 Å². The molecule has 7 nitrogen and oxygen atoms in total. The second-order valence-corrected chi connectivity index (χ2v) is 13.7. The number of hydrogen-bond donors (Lipinski definition) is 1. The number of imidazole rings is 1. The molecule has 1 aliphatic carbocycles. The second-order valence-electron chi connectivity index (χ2n) is 11.9. The molecule has 42 heavy (non-hydrogen) atoms. The van der Waals surface area contributed by atoms with Crippen LogP contribution in [-0.2, 0) is 33.8 Å². The number of halogens is 1. The van der Waals surface area contributed by atoms with E-state index in [0.29, 0.717) is 18.5 Å². The zero-order valence-corrected chi connectivity index (χ0v) is 25.5. The van der Waals surface area contributed by atoms with Crippen molar-refractivity contribution in [1.82, 2.24) is 14.3 Å². The van der Waals surface area contributed by atoms with E-state index in [0.717, 1.165) is 34.1 Å². The van der Waals surface area contributed by atoms with E-state index in [2.05, 4.69) is 47.8 Å². The molecule has 1 amide bonds. The van der Waals surface area contributed by atoms with E-state index in [-0.39, 0.29) is 28.7 Å². The van der Waals surface area contributed by atoms with Crippen LogP contribution in [0.2, 0.25) is 0 Å². The zero-order chi connectivity index (χ0) is 30.2. The van der Waals surface area contributed by atoms with Crippen molar-refractivity contribution in [2.45, 2.75) is 69.4 Å². The normalized spacial score (nSPS) is 16.7. The molecule has 1 N–H and O–H groups in total. The quantitative estimate of drug-likeness (QED) is 0.249. The summed E-state index contributed by atoms with van der Waals surface area (Å²) >= 11 is 0. The molecule has 0 unspecified atom stereocenters. The molecule has 1 heterocycles. The predicted octanol–water partition coefficient (Wildman–Crippen LogP) is 6.30. The molecule has 0 saturated carbocycles. The van der Waals surface area contributed by atoms with E-state index in [1.165, 1.54) is 18.2 Å². The molecule has 0 bridgehead atoms. The third-order valence-electron chi connectivity index (χ3n) is 8.22. The minimum Gasteiger partial charge on any atom is -0.337 e. The van der Waals surface area contributed by atoms with E-state index in [1.54, 1.807) is 11.1 Å². The van der Waals surface area contributed by atoms with Crippen LogP contribution < -0.4 is 9.62 Å². The van der Waals surface area contributed by atoms with Crippen LogP contribution in [0.3, 0.4) is 0 Å². The summed E-state index contributed by atoms with van der Waals surface area (Å²) in [6.07, 6.45) is 4.37. The zero-order valence-electron chi connectivity index (χ0n) is 24.6. The number of nitrogens with one attached hydrogen (secondary N) is 1.